The Morgan fingerprint density at radius 3 is 2.38 bits per heavy atom. The Morgan fingerprint density at radius 1 is 1.12 bits per heavy atom. The maximum Gasteiger partial charge on any atom is 0.178 e. The Bertz CT molecular complexity index is 460. The highest BCUT2D eigenvalue weighted by Gasteiger charge is 2.16. The molecule has 0 saturated heterocycles. The minimum atomic E-state index is -3.54. The van der Waals surface area contributed by atoms with Crippen molar-refractivity contribution in [3.63, 3.8) is 0 Å². The average Bonchev–Trinajstić information content (AvgIpc) is 2.22. The molecule has 0 fully saturated rings. The molecule has 1 aromatic carbocycles. The predicted octanol–water partition coefficient (Wildman–Crippen LogP) is 2.76. The van der Waals surface area contributed by atoms with Gasteiger partial charge in [0.2, 0.25) is 0 Å². The third kappa shape index (κ3) is 3.42. The van der Waals surface area contributed by atoms with Crippen LogP contribution in [0.4, 0.5) is 8.78 Å². The van der Waals surface area contributed by atoms with Crippen LogP contribution in [0.2, 0.25) is 0 Å². The minimum absolute atomic E-state index is 0.106. The van der Waals surface area contributed by atoms with Gasteiger partial charge in [0.25, 0.3) is 0 Å². The topological polar surface area (TPSA) is 34.1 Å². The van der Waals surface area contributed by atoms with Gasteiger partial charge < -0.3 is 0 Å². The smallest absolute Gasteiger partial charge is 0.178 e. The molecule has 0 bridgehead atoms. The Hall–Kier alpha value is -0.680. The molecule has 0 radical (unpaired) electrons. The molecule has 16 heavy (non-hydrogen) atoms. The summed E-state index contributed by atoms with van der Waals surface area (Å²) in [7, 11) is -3.54. The molecule has 0 heterocycles. The van der Waals surface area contributed by atoms with E-state index in [1.165, 1.54) is 0 Å². The summed E-state index contributed by atoms with van der Waals surface area (Å²) in [5, 5.41) is 0. The minimum Gasteiger partial charge on any atom is -0.224 e. The molecule has 0 spiro atoms. The van der Waals surface area contributed by atoms with Gasteiger partial charge in [-0.1, -0.05) is 0 Å². The van der Waals surface area contributed by atoms with Gasteiger partial charge in [-0.05, 0) is 31.0 Å². The van der Waals surface area contributed by atoms with Crippen molar-refractivity contribution >= 4 is 21.4 Å². The SMILES string of the molecule is O=S(=O)(CCCCCl)c1ccc(F)c(F)c1. The van der Waals surface area contributed by atoms with Gasteiger partial charge in [0.05, 0.1) is 10.6 Å². The summed E-state index contributed by atoms with van der Waals surface area (Å²) in [5.74, 6) is -1.93. The van der Waals surface area contributed by atoms with Gasteiger partial charge in [0.15, 0.2) is 21.5 Å². The molecule has 0 aliphatic carbocycles. The number of alkyl halides is 1. The van der Waals surface area contributed by atoms with E-state index in [2.05, 4.69) is 0 Å². The van der Waals surface area contributed by atoms with Crippen molar-refractivity contribution in [3.8, 4) is 0 Å². The van der Waals surface area contributed by atoms with Crippen LogP contribution in [-0.2, 0) is 9.84 Å². The van der Waals surface area contributed by atoms with Crippen molar-refractivity contribution in [1.29, 1.82) is 0 Å². The highest BCUT2D eigenvalue weighted by atomic mass is 35.5. The van der Waals surface area contributed by atoms with Gasteiger partial charge in [0, 0.05) is 5.88 Å². The van der Waals surface area contributed by atoms with Gasteiger partial charge >= 0.3 is 0 Å². The first-order valence-corrected chi connectivity index (χ1v) is 6.90. The quantitative estimate of drug-likeness (QED) is 0.467. The zero-order valence-electron chi connectivity index (χ0n) is 8.42. The van der Waals surface area contributed by atoms with E-state index in [-0.39, 0.29) is 10.6 Å². The van der Waals surface area contributed by atoms with Crippen LogP contribution >= 0.6 is 11.6 Å². The summed E-state index contributed by atoms with van der Waals surface area (Å²) in [6, 6.07) is 2.57. The van der Waals surface area contributed by atoms with E-state index in [9.17, 15) is 17.2 Å². The molecular formula is C10H11ClF2O2S. The van der Waals surface area contributed by atoms with E-state index < -0.39 is 21.5 Å². The Labute approximate surface area is 98.2 Å². The summed E-state index contributed by atoms with van der Waals surface area (Å²) >= 11 is 5.42. The lowest BCUT2D eigenvalue weighted by molar-refractivity contribution is 0.504. The van der Waals surface area contributed by atoms with Crippen LogP contribution in [0, 0.1) is 11.6 Å². The molecular weight excluding hydrogens is 258 g/mol. The zero-order valence-corrected chi connectivity index (χ0v) is 9.99. The fourth-order valence-corrected chi connectivity index (χ4v) is 2.74. The fourth-order valence-electron chi connectivity index (χ4n) is 1.17. The van der Waals surface area contributed by atoms with Crippen LogP contribution in [-0.4, -0.2) is 20.1 Å². The molecule has 0 amide bonds. The molecule has 6 heteroatoms. The summed E-state index contributed by atoms with van der Waals surface area (Å²) < 4.78 is 48.7. The number of sulfone groups is 1. The second-order valence-corrected chi connectivity index (χ2v) is 5.78. The summed E-state index contributed by atoms with van der Waals surface area (Å²) in [5.41, 5.74) is 0. The molecule has 2 nitrogen and oxygen atoms in total. The monoisotopic (exact) mass is 268 g/mol. The number of hydrogen-bond donors (Lipinski definition) is 0. The Balaban J connectivity index is 2.86. The van der Waals surface area contributed by atoms with Crippen molar-refractivity contribution in [2.75, 3.05) is 11.6 Å². The maximum absolute atomic E-state index is 12.8. The van der Waals surface area contributed by atoms with E-state index in [0.717, 1.165) is 12.1 Å². The van der Waals surface area contributed by atoms with Crippen LogP contribution in [0.5, 0.6) is 0 Å². The third-order valence-corrected chi connectivity index (χ3v) is 4.11. The first kappa shape index (κ1) is 13.4. The first-order valence-electron chi connectivity index (χ1n) is 4.71. The molecule has 1 rings (SSSR count). The van der Waals surface area contributed by atoms with Gasteiger partial charge in [-0.3, -0.25) is 0 Å². The van der Waals surface area contributed by atoms with Crippen molar-refractivity contribution in [2.24, 2.45) is 0 Å². The fraction of sp³-hybridized carbons (Fsp3) is 0.400. The largest absolute Gasteiger partial charge is 0.224 e. The van der Waals surface area contributed by atoms with Gasteiger partial charge in [0.1, 0.15) is 0 Å². The van der Waals surface area contributed by atoms with Gasteiger partial charge in [-0.15, -0.1) is 11.6 Å². The van der Waals surface area contributed by atoms with Gasteiger partial charge in [-0.2, -0.15) is 0 Å². The van der Waals surface area contributed by atoms with Crippen LogP contribution in [0.3, 0.4) is 0 Å². The number of benzene rings is 1. The highest BCUT2D eigenvalue weighted by molar-refractivity contribution is 7.91. The van der Waals surface area contributed by atoms with E-state index in [4.69, 9.17) is 11.6 Å². The molecule has 0 aromatic heterocycles. The Morgan fingerprint density at radius 2 is 1.81 bits per heavy atom. The molecule has 90 valence electrons. The molecule has 0 unspecified atom stereocenters. The van der Waals surface area contributed by atoms with E-state index in [1.54, 1.807) is 0 Å². The van der Waals surface area contributed by atoms with E-state index in [0.29, 0.717) is 24.8 Å². The molecule has 0 atom stereocenters. The zero-order chi connectivity index (χ0) is 12.2. The maximum atomic E-state index is 12.8. The lowest BCUT2D eigenvalue weighted by Crippen LogP contribution is -2.07. The second kappa shape index (κ2) is 5.59. The summed E-state index contributed by atoms with van der Waals surface area (Å²) in [6.45, 7) is 0. The lowest BCUT2D eigenvalue weighted by Gasteiger charge is -2.04. The van der Waals surface area contributed by atoms with Crippen molar-refractivity contribution in [1.82, 2.24) is 0 Å². The summed E-state index contributed by atoms with van der Waals surface area (Å²) in [4.78, 5) is -0.194. The van der Waals surface area contributed by atoms with Crippen LogP contribution in [0.1, 0.15) is 12.8 Å². The van der Waals surface area contributed by atoms with Crippen LogP contribution in [0.25, 0.3) is 0 Å². The standard InChI is InChI=1S/C10H11ClF2O2S/c11-5-1-2-6-16(14,15)8-3-4-9(12)10(13)7-8/h3-4,7H,1-2,5-6H2. The average molecular weight is 269 g/mol. The van der Waals surface area contributed by atoms with Crippen molar-refractivity contribution in [3.05, 3.63) is 29.8 Å². The highest BCUT2D eigenvalue weighted by Crippen LogP contribution is 2.16. The number of unbranched alkanes of at least 4 members (excludes halogenated alkanes) is 1. The third-order valence-electron chi connectivity index (χ3n) is 2.05. The molecule has 0 aliphatic heterocycles. The van der Waals surface area contributed by atoms with Crippen LogP contribution < -0.4 is 0 Å². The molecule has 1 aromatic rings. The summed E-state index contributed by atoms with van der Waals surface area (Å²) in [6.07, 6.45) is 0.981. The van der Waals surface area contributed by atoms with E-state index in [1.807, 2.05) is 0 Å². The second-order valence-electron chi connectivity index (χ2n) is 3.29. The Kier molecular flexibility index (Phi) is 4.68. The predicted molar refractivity (Wildman–Crippen MR) is 58.4 cm³/mol. The van der Waals surface area contributed by atoms with Gasteiger partial charge in [-0.25, -0.2) is 17.2 Å². The van der Waals surface area contributed by atoms with Crippen molar-refractivity contribution < 1.29 is 17.2 Å². The van der Waals surface area contributed by atoms with E-state index >= 15 is 0 Å². The number of hydrogen-bond acceptors (Lipinski definition) is 2. The van der Waals surface area contributed by atoms with Crippen LogP contribution in [0.15, 0.2) is 23.1 Å². The number of halogens is 3. The normalized spacial score (nSPS) is 11.7. The first-order chi connectivity index (χ1) is 7.47. The lowest BCUT2D eigenvalue weighted by atomic mass is 10.3. The molecule has 0 saturated carbocycles. The molecule has 0 aliphatic rings. The number of rotatable bonds is 5. The molecule has 0 N–H and O–H groups in total. The van der Waals surface area contributed by atoms with Crippen molar-refractivity contribution in [2.45, 2.75) is 17.7 Å².